The van der Waals surface area contributed by atoms with Crippen LogP contribution in [0.3, 0.4) is 0 Å². The molecule has 0 aromatic heterocycles. The molecule has 1 fully saturated rings. The van der Waals surface area contributed by atoms with Crippen LogP contribution in [0.4, 0.5) is 4.79 Å². The number of benzene rings is 1. The van der Waals surface area contributed by atoms with E-state index in [1.54, 1.807) is 17.9 Å². The van der Waals surface area contributed by atoms with E-state index in [4.69, 9.17) is 17.3 Å². The van der Waals surface area contributed by atoms with Gasteiger partial charge in [-0.05, 0) is 24.6 Å². The van der Waals surface area contributed by atoms with Crippen LogP contribution in [0, 0.1) is 0 Å². The van der Waals surface area contributed by atoms with Gasteiger partial charge in [0.25, 0.3) is 0 Å². The van der Waals surface area contributed by atoms with E-state index in [0.717, 1.165) is 5.56 Å². The van der Waals surface area contributed by atoms with Gasteiger partial charge in [0.1, 0.15) is 6.04 Å². The Labute approximate surface area is 140 Å². The number of carbonyl (C=O) groups is 2. The van der Waals surface area contributed by atoms with Crippen LogP contribution in [0.2, 0.25) is 5.02 Å². The molecule has 122 valence electrons. The Morgan fingerprint density at radius 2 is 2.23 bits per heavy atom. The van der Waals surface area contributed by atoms with Gasteiger partial charge in [-0.25, -0.2) is 4.79 Å². The summed E-state index contributed by atoms with van der Waals surface area (Å²) in [5, 5.41) is 6.33. The predicted octanol–water partition coefficient (Wildman–Crippen LogP) is 1.29. The van der Waals surface area contributed by atoms with E-state index < -0.39 is 12.1 Å². The third-order valence-corrected chi connectivity index (χ3v) is 3.72. The lowest BCUT2D eigenvalue weighted by Gasteiger charge is -2.38. The number of hydrogen-bond donors (Lipinski definition) is 3. The number of hydrogen-bond acceptors (Lipinski definition) is 3. The van der Waals surface area contributed by atoms with Gasteiger partial charge in [0, 0.05) is 24.7 Å². The second-order valence-corrected chi connectivity index (χ2v) is 5.47. The van der Waals surface area contributed by atoms with Crippen LogP contribution < -0.4 is 16.4 Å². The smallest absolute Gasteiger partial charge is 0.312 e. The van der Waals surface area contributed by atoms with Gasteiger partial charge in [0.15, 0.2) is 0 Å². The summed E-state index contributed by atoms with van der Waals surface area (Å²) in [6.45, 7) is 3.56. The summed E-state index contributed by atoms with van der Waals surface area (Å²) in [5.41, 5.74) is 6.04. The van der Waals surface area contributed by atoms with Crippen molar-refractivity contribution in [1.29, 1.82) is 0 Å². The molecule has 8 heteroatoms. The minimum atomic E-state index is -0.703. The van der Waals surface area contributed by atoms with Crippen molar-refractivity contribution in [3.8, 4) is 0 Å². The third-order valence-electron chi connectivity index (χ3n) is 3.49. The van der Waals surface area contributed by atoms with Gasteiger partial charge in [-0.15, -0.1) is 12.4 Å². The lowest BCUT2D eigenvalue weighted by Crippen LogP contribution is -2.55. The quantitative estimate of drug-likeness (QED) is 0.770. The number of carbonyl (C=O) groups excluding carboxylic acids is 2. The monoisotopic (exact) mass is 346 g/mol. The zero-order chi connectivity index (χ0) is 15.4. The van der Waals surface area contributed by atoms with Crippen LogP contribution >= 0.6 is 24.0 Å². The van der Waals surface area contributed by atoms with Crippen molar-refractivity contribution in [2.75, 3.05) is 19.6 Å². The Balaban J connectivity index is 0.00000242. The molecule has 3 amide bonds. The second-order valence-electron chi connectivity index (χ2n) is 5.04. The van der Waals surface area contributed by atoms with Crippen LogP contribution in [0.1, 0.15) is 18.5 Å². The molecule has 0 saturated carbocycles. The first-order chi connectivity index (χ1) is 9.99. The number of amides is 3. The predicted molar refractivity (Wildman–Crippen MR) is 88.2 cm³/mol. The summed E-state index contributed by atoms with van der Waals surface area (Å²) < 4.78 is 0. The van der Waals surface area contributed by atoms with E-state index in [0.29, 0.717) is 24.7 Å². The summed E-state index contributed by atoms with van der Waals surface area (Å²) in [6.07, 6.45) is 0. The maximum Gasteiger partial charge on any atom is 0.312 e. The molecule has 22 heavy (non-hydrogen) atoms. The number of urea groups is 1. The molecule has 2 rings (SSSR count). The maximum atomic E-state index is 12.5. The average molecular weight is 347 g/mol. The summed E-state index contributed by atoms with van der Waals surface area (Å²) in [6, 6.07) is 5.99. The van der Waals surface area contributed by atoms with Gasteiger partial charge in [0.2, 0.25) is 5.91 Å². The van der Waals surface area contributed by atoms with Crippen LogP contribution in [0.25, 0.3) is 0 Å². The fourth-order valence-corrected chi connectivity index (χ4v) is 2.70. The number of nitrogens with two attached hydrogens (primary N) is 1. The van der Waals surface area contributed by atoms with E-state index in [2.05, 4.69) is 10.6 Å². The second kappa shape index (κ2) is 8.22. The molecule has 1 aromatic rings. The van der Waals surface area contributed by atoms with Crippen molar-refractivity contribution in [1.82, 2.24) is 15.5 Å². The van der Waals surface area contributed by atoms with Crippen molar-refractivity contribution in [2.45, 2.75) is 19.0 Å². The molecule has 1 aliphatic rings. The average Bonchev–Trinajstić information content (AvgIpc) is 2.45. The normalized spacial score (nSPS) is 19.0. The molecule has 2 atom stereocenters. The van der Waals surface area contributed by atoms with Gasteiger partial charge in [0.05, 0.1) is 6.04 Å². The van der Waals surface area contributed by atoms with E-state index >= 15 is 0 Å². The lowest BCUT2D eigenvalue weighted by molar-refractivity contribution is -0.136. The standard InChI is InChI=1S/C14H19ClN4O2.ClH/c1-9(18-14(16)21)13(20)19-6-5-17-8-12(19)10-3-2-4-11(15)7-10;/h2-4,7,9,12,17H,5-6,8H2,1H3,(H3,16,18,21);1H. The topological polar surface area (TPSA) is 87.5 Å². The van der Waals surface area contributed by atoms with Gasteiger partial charge in [-0.3, -0.25) is 4.79 Å². The molecule has 6 nitrogen and oxygen atoms in total. The number of piperazine rings is 1. The van der Waals surface area contributed by atoms with Crippen molar-refractivity contribution >= 4 is 35.9 Å². The molecule has 1 aliphatic heterocycles. The molecule has 1 heterocycles. The molecule has 4 N–H and O–H groups in total. The Morgan fingerprint density at radius 3 is 2.86 bits per heavy atom. The Kier molecular flexibility index (Phi) is 6.93. The number of nitrogens with one attached hydrogen (secondary N) is 2. The van der Waals surface area contributed by atoms with Crippen LogP contribution in [-0.2, 0) is 4.79 Å². The highest BCUT2D eigenvalue weighted by molar-refractivity contribution is 6.30. The molecule has 0 aliphatic carbocycles. The first-order valence-corrected chi connectivity index (χ1v) is 7.19. The van der Waals surface area contributed by atoms with Gasteiger partial charge in [-0.1, -0.05) is 23.7 Å². The number of nitrogens with zero attached hydrogens (tertiary/aromatic N) is 1. The Hall–Kier alpha value is -1.50. The van der Waals surface area contributed by atoms with Crippen LogP contribution in [0.15, 0.2) is 24.3 Å². The SMILES string of the molecule is CC(NC(N)=O)C(=O)N1CCNCC1c1cccc(Cl)c1.Cl. The summed E-state index contributed by atoms with van der Waals surface area (Å²) >= 11 is 6.03. The minimum absolute atomic E-state index is 0. The third kappa shape index (κ3) is 4.50. The van der Waals surface area contributed by atoms with Gasteiger partial charge < -0.3 is 21.3 Å². The molecule has 0 spiro atoms. The molecule has 0 bridgehead atoms. The first-order valence-electron chi connectivity index (χ1n) is 6.81. The van der Waals surface area contributed by atoms with Gasteiger partial charge in [-0.2, -0.15) is 0 Å². The summed E-state index contributed by atoms with van der Waals surface area (Å²) in [4.78, 5) is 25.2. The summed E-state index contributed by atoms with van der Waals surface area (Å²) in [5.74, 6) is -0.153. The number of rotatable bonds is 3. The lowest BCUT2D eigenvalue weighted by atomic mass is 10.0. The maximum absolute atomic E-state index is 12.5. The zero-order valence-electron chi connectivity index (χ0n) is 12.2. The van der Waals surface area contributed by atoms with Crippen molar-refractivity contribution in [3.63, 3.8) is 0 Å². The molecule has 1 aromatic carbocycles. The van der Waals surface area contributed by atoms with E-state index in [1.807, 2.05) is 18.2 Å². The van der Waals surface area contributed by atoms with Crippen LogP contribution in [-0.4, -0.2) is 42.5 Å². The van der Waals surface area contributed by atoms with Crippen molar-refractivity contribution in [3.05, 3.63) is 34.9 Å². The number of primary amides is 1. The Bertz CT molecular complexity index is 541. The van der Waals surface area contributed by atoms with E-state index in [9.17, 15) is 9.59 Å². The van der Waals surface area contributed by atoms with E-state index in [-0.39, 0.29) is 24.4 Å². The molecular formula is C14H20Cl2N4O2. The Morgan fingerprint density at radius 1 is 1.50 bits per heavy atom. The fourth-order valence-electron chi connectivity index (χ4n) is 2.50. The zero-order valence-corrected chi connectivity index (χ0v) is 13.8. The molecular weight excluding hydrogens is 327 g/mol. The largest absolute Gasteiger partial charge is 0.352 e. The van der Waals surface area contributed by atoms with Gasteiger partial charge >= 0.3 is 6.03 Å². The molecule has 1 saturated heterocycles. The minimum Gasteiger partial charge on any atom is -0.352 e. The first kappa shape index (κ1) is 18.5. The fraction of sp³-hybridized carbons (Fsp3) is 0.429. The number of halogens is 2. The van der Waals surface area contributed by atoms with Crippen LogP contribution in [0.5, 0.6) is 0 Å². The highest BCUT2D eigenvalue weighted by Gasteiger charge is 2.31. The van der Waals surface area contributed by atoms with Crippen molar-refractivity contribution < 1.29 is 9.59 Å². The summed E-state index contributed by atoms with van der Waals surface area (Å²) in [7, 11) is 0. The van der Waals surface area contributed by atoms with Crippen molar-refractivity contribution in [2.24, 2.45) is 5.73 Å². The molecule has 2 unspecified atom stereocenters. The highest BCUT2D eigenvalue weighted by atomic mass is 35.5. The molecule has 0 radical (unpaired) electrons. The highest BCUT2D eigenvalue weighted by Crippen LogP contribution is 2.25. The van der Waals surface area contributed by atoms with E-state index in [1.165, 1.54) is 0 Å².